The Kier molecular flexibility index (Phi) is 14.8. The number of carbonyl (C=O) groups excluding carboxylic acids is 1. The van der Waals surface area contributed by atoms with Gasteiger partial charge in [-0.1, -0.05) is 96.8 Å². The molecule has 0 aromatic carbocycles. The summed E-state index contributed by atoms with van der Waals surface area (Å²) in [6.07, 6.45) is 20.2. The molecule has 0 N–H and O–H groups in total. The molecule has 2 rings (SSSR count). The van der Waals surface area contributed by atoms with Gasteiger partial charge in [0.2, 0.25) is 0 Å². The minimum atomic E-state index is -0.572. The van der Waals surface area contributed by atoms with E-state index < -0.39 is 6.16 Å². The van der Waals surface area contributed by atoms with Crippen molar-refractivity contribution >= 4 is 17.5 Å². The second-order valence-corrected chi connectivity index (χ2v) is 9.73. The van der Waals surface area contributed by atoms with Gasteiger partial charge in [0.25, 0.3) is 0 Å². The van der Waals surface area contributed by atoms with Crippen LogP contribution in [0.25, 0.3) is 0 Å². The second-order valence-electron chi connectivity index (χ2n) is 8.78. The molecule has 0 bridgehead atoms. The molecule has 2 heterocycles. The zero-order valence-corrected chi connectivity index (χ0v) is 20.5. The van der Waals surface area contributed by atoms with Crippen LogP contribution in [0.1, 0.15) is 120 Å². The Balaban J connectivity index is 1.31. The third-order valence-electron chi connectivity index (χ3n) is 6.08. The number of hydrogen-bond donors (Lipinski definition) is 0. The summed E-state index contributed by atoms with van der Waals surface area (Å²) in [6.45, 7) is 3.66. The van der Waals surface area contributed by atoms with Crippen LogP contribution in [0.3, 0.4) is 0 Å². The van der Waals surface area contributed by atoms with E-state index in [0.29, 0.717) is 13.2 Å². The van der Waals surface area contributed by atoms with E-state index in [1.807, 2.05) is 0 Å². The van der Waals surface area contributed by atoms with E-state index in [1.54, 1.807) is 11.3 Å². The SMILES string of the molecule is CCCCCCCCCCCCCCCCCOC(=O)OC[C@@H]1OCCc2ccsc21. The highest BCUT2D eigenvalue weighted by molar-refractivity contribution is 7.10. The van der Waals surface area contributed by atoms with E-state index in [-0.39, 0.29) is 12.7 Å². The van der Waals surface area contributed by atoms with E-state index >= 15 is 0 Å². The van der Waals surface area contributed by atoms with E-state index in [0.717, 1.165) is 19.3 Å². The van der Waals surface area contributed by atoms with Crippen molar-refractivity contribution in [3.63, 3.8) is 0 Å². The molecular formula is C26H44O4S. The van der Waals surface area contributed by atoms with Crippen LogP contribution in [0.5, 0.6) is 0 Å². The number of unbranched alkanes of at least 4 members (excludes halogenated alkanes) is 14. The standard InChI is InChI=1S/C26H44O4S/c1-2-3-4-5-6-7-8-9-10-11-12-13-14-15-16-19-29-26(27)30-22-24-25-23(17-20-28-24)18-21-31-25/h18,21,24H,2-17,19-20,22H2,1H3/t24-/m0/s1. The first-order valence-electron chi connectivity index (χ1n) is 12.8. The highest BCUT2D eigenvalue weighted by Crippen LogP contribution is 2.31. The third kappa shape index (κ3) is 11.9. The van der Waals surface area contributed by atoms with Crippen LogP contribution in [-0.2, 0) is 20.6 Å². The molecule has 1 aliphatic heterocycles. The first kappa shape index (κ1) is 26.2. The van der Waals surface area contributed by atoms with Crippen LogP contribution in [-0.4, -0.2) is 26.0 Å². The molecule has 0 amide bonds. The summed E-state index contributed by atoms with van der Waals surface area (Å²) in [7, 11) is 0. The van der Waals surface area contributed by atoms with Gasteiger partial charge in [0.15, 0.2) is 0 Å². The summed E-state index contributed by atoms with van der Waals surface area (Å²) in [6, 6.07) is 2.13. The Morgan fingerprint density at radius 1 is 0.903 bits per heavy atom. The summed E-state index contributed by atoms with van der Waals surface area (Å²) >= 11 is 1.67. The smallest absolute Gasteiger partial charge is 0.434 e. The van der Waals surface area contributed by atoms with Crippen molar-refractivity contribution in [1.82, 2.24) is 0 Å². The Hall–Kier alpha value is -1.07. The predicted octanol–water partition coefficient (Wildman–Crippen LogP) is 8.39. The van der Waals surface area contributed by atoms with Gasteiger partial charge < -0.3 is 14.2 Å². The van der Waals surface area contributed by atoms with Crippen LogP contribution in [0.15, 0.2) is 11.4 Å². The van der Waals surface area contributed by atoms with Crippen molar-refractivity contribution in [2.24, 2.45) is 0 Å². The van der Waals surface area contributed by atoms with Crippen molar-refractivity contribution in [3.05, 3.63) is 21.9 Å². The topological polar surface area (TPSA) is 44.8 Å². The molecule has 0 aliphatic carbocycles. The fourth-order valence-corrected chi connectivity index (χ4v) is 5.15. The minimum absolute atomic E-state index is 0.137. The van der Waals surface area contributed by atoms with Crippen LogP contribution < -0.4 is 0 Å². The fourth-order valence-electron chi connectivity index (χ4n) is 4.16. The zero-order valence-electron chi connectivity index (χ0n) is 19.7. The van der Waals surface area contributed by atoms with Gasteiger partial charge >= 0.3 is 6.16 Å². The predicted molar refractivity (Wildman–Crippen MR) is 129 cm³/mol. The van der Waals surface area contributed by atoms with Crippen LogP contribution in [0.4, 0.5) is 4.79 Å². The first-order valence-corrected chi connectivity index (χ1v) is 13.7. The van der Waals surface area contributed by atoms with Gasteiger partial charge in [-0.15, -0.1) is 11.3 Å². The first-order chi connectivity index (χ1) is 15.3. The van der Waals surface area contributed by atoms with Gasteiger partial charge in [-0.25, -0.2) is 4.79 Å². The third-order valence-corrected chi connectivity index (χ3v) is 7.14. The van der Waals surface area contributed by atoms with Crippen LogP contribution in [0.2, 0.25) is 0 Å². The molecule has 0 fully saturated rings. The molecule has 0 saturated heterocycles. The van der Waals surface area contributed by atoms with Crippen LogP contribution >= 0.6 is 11.3 Å². The lowest BCUT2D eigenvalue weighted by Gasteiger charge is -2.22. The molecular weight excluding hydrogens is 408 g/mol. The minimum Gasteiger partial charge on any atom is -0.434 e. The largest absolute Gasteiger partial charge is 0.508 e. The van der Waals surface area contributed by atoms with E-state index in [4.69, 9.17) is 14.2 Å². The molecule has 31 heavy (non-hydrogen) atoms. The number of ether oxygens (including phenoxy) is 3. The lowest BCUT2D eigenvalue weighted by Crippen LogP contribution is -2.21. The quantitative estimate of drug-likeness (QED) is 0.166. The molecule has 5 heteroatoms. The zero-order chi connectivity index (χ0) is 22.0. The number of carbonyl (C=O) groups is 1. The number of fused-ring (bicyclic) bond motifs is 1. The van der Waals surface area contributed by atoms with Gasteiger partial charge in [-0.3, -0.25) is 0 Å². The molecule has 0 saturated carbocycles. The van der Waals surface area contributed by atoms with Gasteiger partial charge in [-0.05, 0) is 29.9 Å². The molecule has 1 aromatic rings. The fraction of sp³-hybridized carbons (Fsp3) is 0.808. The average molecular weight is 453 g/mol. The Morgan fingerprint density at radius 2 is 1.48 bits per heavy atom. The van der Waals surface area contributed by atoms with Gasteiger partial charge in [0.1, 0.15) is 12.7 Å². The second kappa shape index (κ2) is 17.5. The average Bonchev–Trinajstić information content (AvgIpc) is 3.27. The van der Waals surface area contributed by atoms with Crippen molar-refractivity contribution in [3.8, 4) is 0 Å². The molecule has 178 valence electrons. The Labute approximate surface area is 194 Å². The molecule has 1 aromatic heterocycles. The molecule has 1 atom stereocenters. The van der Waals surface area contributed by atoms with E-state index in [1.165, 1.54) is 93.9 Å². The summed E-state index contributed by atoms with van der Waals surface area (Å²) in [5.74, 6) is 0. The van der Waals surface area contributed by atoms with Crippen molar-refractivity contribution in [2.75, 3.05) is 19.8 Å². The van der Waals surface area contributed by atoms with Gasteiger partial charge in [-0.2, -0.15) is 0 Å². The normalized spacial score (nSPS) is 15.6. The number of thiophene rings is 1. The highest BCUT2D eigenvalue weighted by Gasteiger charge is 2.23. The maximum atomic E-state index is 11.8. The van der Waals surface area contributed by atoms with E-state index in [2.05, 4.69) is 18.4 Å². The molecule has 0 unspecified atom stereocenters. The van der Waals surface area contributed by atoms with E-state index in [9.17, 15) is 4.79 Å². The summed E-state index contributed by atoms with van der Waals surface area (Å²) in [5, 5.41) is 2.07. The van der Waals surface area contributed by atoms with Gasteiger partial charge in [0, 0.05) is 4.88 Å². The Morgan fingerprint density at radius 3 is 2.10 bits per heavy atom. The molecule has 4 nitrogen and oxygen atoms in total. The molecule has 1 aliphatic rings. The Bertz CT molecular complexity index is 572. The molecule has 0 spiro atoms. The lowest BCUT2D eigenvalue weighted by atomic mass is 10.0. The molecule has 0 radical (unpaired) electrons. The van der Waals surface area contributed by atoms with Crippen molar-refractivity contribution < 1.29 is 19.0 Å². The summed E-state index contributed by atoms with van der Waals surface area (Å²) in [4.78, 5) is 13.0. The van der Waals surface area contributed by atoms with Gasteiger partial charge in [0.05, 0.1) is 13.2 Å². The summed E-state index contributed by atoms with van der Waals surface area (Å²) in [5.41, 5.74) is 1.32. The summed E-state index contributed by atoms with van der Waals surface area (Å²) < 4.78 is 16.2. The highest BCUT2D eigenvalue weighted by atomic mass is 32.1. The lowest BCUT2D eigenvalue weighted by molar-refractivity contribution is -0.0219. The number of hydrogen-bond acceptors (Lipinski definition) is 5. The number of rotatable bonds is 18. The van der Waals surface area contributed by atoms with Crippen molar-refractivity contribution in [1.29, 1.82) is 0 Å². The van der Waals surface area contributed by atoms with Crippen LogP contribution in [0, 0.1) is 0 Å². The maximum absolute atomic E-state index is 11.8. The van der Waals surface area contributed by atoms with Crippen molar-refractivity contribution in [2.45, 2.75) is 116 Å². The maximum Gasteiger partial charge on any atom is 0.508 e. The monoisotopic (exact) mass is 452 g/mol.